The number of hydrogen-bond acceptors (Lipinski definition) is 2. The van der Waals surface area contributed by atoms with E-state index in [1.54, 1.807) is 23.7 Å². The van der Waals surface area contributed by atoms with Crippen LogP contribution in [-0.2, 0) is 6.42 Å². The van der Waals surface area contributed by atoms with Crippen LogP contribution in [0.1, 0.15) is 16.5 Å². The largest absolute Gasteiger partial charge is 0.265 e. The van der Waals surface area contributed by atoms with Crippen LogP contribution in [0.5, 0.6) is 0 Å². The predicted molar refractivity (Wildman–Crippen MR) is 73.6 cm³/mol. The highest BCUT2D eigenvalue weighted by atomic mass is 127. The smallest absolute Gasteiger partial charge is 0.0656 e. The van der Waals surface area contributed by atoms with Gasteiger partial charge in [0.15, 0.2) is 0 Å². The zero-order valence-corrected chi connectivity index (χ0v) is 11.6. The molecule has 0 aliphatic carbocycles. The maximum Gasteiger partial charge on any atom is 0.0656 e. The molecular formula is C11H9ClINS. The molecule has 1 atom stereocenters. The Bertz CT molecular complexity index is 429. The van der Waals surface area contributed by atoms with Gasteiger partial charge in [-0.1, -0.05) is 0 Å². The summed E-state index contributed by atoms with van der Waals surface area (Å²) >= 11 is 10.4. The molecule has 15 heavy (non-hydrogen) atoms. The van der Waals surface area contributed by atoms with Gasteiger partial charge in [0.2, 0.25) is 0 Å². The molecule has 0 radical (unpaired) electrons. The molecule has 0 aliphatic heterocycles. The van der Waals surface area contributed by atoms with Crippen LogP contribution in [0.15, 0.2) is 36.0 Å². The van der Waals surface area contributed by atoms with Crippen molar-refractivity contribution in [1.82, 2.24) is 4.98 Å². The molecule has 2 aromatic heterocycles. The molecule has 0 amide bonds. The zero-order chi connectivity index (χ0) is 10.7. The van der Waals surface area contributed by atoms with E-state index < -0.39 is 0 Å². The molecule has 0 aliphatic rings. The van der Waals surface area contributed by atoms with E-state index >= 15 is 0 Å². The zero-order valence-electron chi connectivity index (χ0n) is 7.86. The van der Waals surface area contributed by atoms with Crippen molar-refractivity contribution in [2.45, 2.75) is 11.8 Å². The molecular weight excluding hydrogens is 341 g/mol. The lowest BCUT2D eigenvalue weighted by molar-refractivity contribution is 0.921. The van der Waals surface area contributed by atoms with Crippen LogP contribution < -0.4 is 0 Å². The Morgan fingerprint density at radius 2 is 2.13 bits per heavy atom. The first-order chi connectivity index (χ1) is 7.25. The molecule has 2 rings (SSSR count). The quantitative estimate of drug-likeness (QED) is 0.596. The van der Waals surface area contributed by atoms with Crippen LogP contribution in [-0.4, -0.2) is 4.98 Å². The number of pyridine rings is 1. The van der Waals surface area contributed by atoms with Gasteiger partial charge < -0.3 is 0 Å². The number of halogens is 2. The van der Waals surface area contributed by atoms with Gasteiger partial charge in [-0.25, -0.2) is 0 Å². The fraction of sp³-hybridized carbons (Fsp3) is 0.182. The van der Waals surface area contributed by atoms with E-state index in [1.165, 1.54) is 14.0 Å². The summed E-state index contributed by atoms with van der Waals surface area (Å²) in [5.74, 6) is 0. The van der Waals surface area contributed by atoms with Gasteiger partial charge in [-0.05, 0) is 63.7 Å². The number of rotatable bonds is 3. The molecule has 0 N–H and O–H groups in total. The van der Waals surface area contributed by atoms with Gasteiger partial charge in [-0.3, -0.25) is 4.98 Å². The van der Waals surface area contributed by atoms with E-state index in [1.807, 2.05) is 12.1 Å². The number of nitrogens with zero attached hydrogens (tertiary/aromatic N) is 1. The highest BCUT2D eigenvalue weighted by Gasteiger charge is 2.10. The highest BCUT2D eigenvalue weighted by Crippen LogP contribution is 2.29. The Balaban J connectivity index is 2.07. The van der Waals surface area contributed by atoms with Crippen molar-refractivity contribution in [3.63, 3.8) is 0 Å². The van der Waals surface area contributed by atoms with Gasteiger partial charge in [0, 0.05) is 12.4 Å². The Kier molecular flexibility index (Phi) is 3.99. The second-order valence-corrected chi connectivity index (χ2v) is 6.54. The lowest BCUT2D eigenvalue weighted by Crippen LogP contribution is -1.94. The maximum absolute atomic E-state index is 6.34. The van der Waals surface area contributed by atoms with Crippen molar-refractivity contribution >= 4 is 45.5 Å². The molecule has 0 spiro atoms. The Morgan fingerprint density at radius 1 is 1.40 bits per heavy atom. The molecule has 2 heterocycles. The van der Waals surface area contributed by atoms with Gasteiger partial charge in [-0.2, -0.15) is 0 Å². The van der Waals surface area contributed by atoms with Crippen molar-refractivity contribution < 1.29 is 0 Å². The second-order valence-electron chi connectivity index (χ2n) is 3.21. The SMILES string of the molecule is ClC(Cc1ccncc1)c1csc(I)c1. The highest BCUT2D eigenvalue weighted by molar-refractivity contribution is 14.1. The van der Waals surface area contributed by atoms with Crippen molar-refractivity contribution in [3.05, 3.63) is 50.0 Å². The molecule has 0 fully saturated rings. The first-order valence-electron chi connectivity index (χ1n) is 4.52. The summed E-state index contributed by atoms with van der Waals surface area (Å²) in [6.45, 7) is 0. The molecule has 0 saturated carbocycles. The van der Waals surface area contributed by atoms with Crippen LogP contribution >= 0.6 is 45.5 Å². The minimum atomic E-state index is 0.0622. The average molecular weight is 350 g/mol. The monoisotopic (exact) mass is 349 g/mol. The van der Waals surface area contributed by atoms with Crippen molar-refractivity contribution in [1.29, 1.82) is 0 Å². The predicted octanol–water partition coefficient (Wildman–Crippen LogP) is 4.27. The van der Waals surface area contributed by atoms with E-state index in [4.69, 9.17) is 11.6 Å². The normalized spacial score (nSPS) is 12.7. The molecule has 2 aromatic rings. The molecule has 0 bridgehead atoms. The maximum atomic E-state index is 6.34. The summed E-state index contributed by atoms with van der Waals surface area (Å²) in [7, 11) is 0. The summed E-state index contributed by atoms with van der Waals surface area (Å²) in [6.07, 6.45) is 4.46. The van der Waals surface area contributed by atoms with Gasteiger partial charge in [0.25, 0.3) is 0 Å². The summed E-state index contributed by atoms with van der Waals surface area (Å²) in [5, 5.41) is 2.19. The van der Waals surface area contributed by atoms with Crippen LogP contribution in [0.4, 0.5) is 0 Å². The molecule has 78 valence electrons. The Morgan fingerprint density at radius 3 is 2.73 bits per heavy atom. The number of alkyl halides is 1. The molecule has 0 saturated heterocycles. The third-order valence-electron chi connectivity index (χ3n) is 2.11. The molecule has 1 nitrogen and oxygen atoms in total. The summed E-state index contributed by atoms with van der Waals surface area (Å²) in [6, 6.07) is 6.16. The van der Waals surface area contributed by atoms with Crippen LogP contribution in [0, 0.1) is 2.88 Å². The van der Waals surface area contributed by atoms with Gasteiger partial charge in [0.05, 0.1) is 8.26 Å². The van der Waals surface area contributed by atoms with Crippen molar-refractivity contribution in [2.24, 2.45) is 0 Å². The first-order valence-corrected chi connectivity index (χ1v) is 6.92. The van der Waals surface area contributed by atoms with Crippen molar-refractivity contribution in [2.75, 3.05) is 0 Å². The van der Waals surface area contributed by atoms with Crippen LogP contribution in [0.3, 0.4) is 0 Å². The molecule has 0 aromatic carbocycles. The van der Waals surface area contributed by atoms with Crippen LogP contribution in [0.25, 0.3) is 0 Å². The first kappa shape index (κ1) is 11.4. The lowest BCUT2D eigenvalue weighted by atomic mass is 10.1. The topological polar surface area (TPSA) is 12.9 Å². The Hall–Kier alpha value is -0.130. The van der Waals surface area contributed by atoms with Gasteiger partial charge >= 0.3 is 0 Å². The van der Waals surface area contributed by atoms with Gasteiger partial charge in [0.1, 0.15) is 0 Å². The lowest BCUT2D eigenvalue weighted by Gasteiger charge is -2.06. The fourth-order valence-corrected chi connectivity index (χ4v) is 3.14. The van der Waals surface area contributed by atoms with E-state index in [0.717, 1.165) is 6.42 Å². The summed E-state index contributed by atoms with van der Waals surface area (Å²) in [5.41, 5.74) is 2.44. The summed E-state index contributed by atoms with van der Waals surface area (Å²) in [4.78, 5) is 3.99. The summed E-state index contributed by atoms with van der Waals surface area (Å²) < 4.78 is 1.28. The number of aromatic nitrogens is 1. The van der Waals surface area contributed by atoms with Crippen molar-refractivity contribution in [3.8, 4) is 0 Å². The van der Waals surface area contributed by atoms with E-state index in [-0.39, 0.29) is 5.38 Å². The third-order valence-corrected chi connectivity index (χ3v) is 4.33. The van der Waals surface area contributed by atoms with E-state index in [2.05, 4.69) is 39.0 Å². The minimum Gasteiger partial charge on any atom is -0.265 e. The third kappa shape index (κ3) is 3.16. The minimum absolute atomic E-state index is 0.0622. The fourth-order valence-electron chi connectivity index (χ4n) is 1.33. The van der Waals surface area contributed by atoms with Gasteiger partial charge in [-0.15, -0.1) is 22.9 Å². The number of thiophene rings is 1. The van der Waals surface area contributed by atoms with E-state index in [9.17, 15) is 0 Å². The Labute approximate surface area is 112 Å². The number of hydrogen-bond donors (Lipinski definition) is 0. The molecule has 4 heteroatoms. The second kappa shape index (κ2) is 5.27. The average Bonchev–Trinajstić information content (AvgIpc) is 2.66. The standard InChI is InChI=1S/C11H9ClINS/c12-10(9-6-11(13)15-7-9)5-8-1-3-14-4-2-8/h1-4,6-7,10H,5H2. The van der Waals surface area contributed by atoms with Crippen LogP contribution in [0.2, 0.25) is 0 Å². The molecule has 1 unspecified atom stereocenters. The van der Waals surface area contributed by atoms with E-state index in [0.29, 0.717) is 0 Å².